The highest BCUT2D eigenvalue weighted by Crippen LogP contribution is 2.29. The highest BCUT2D eigenvalue weighted by molar-refractivity contribution is 7.92. The Morgan fingerprint density at radius 2 is 1.91 bits per heavy atom. The Balaban J connectivity index is 1.88. The molecular weight excluding hydrogens is 454 g/mol. The van der Waals surface area contributed by atoms with Gasteiger partial charge in [-0.15, -0.1) is 10.2 Å². The van der Waals surface area contributed by atoms with Crippen LogP contribution in [0.15, 0.2) is 48.5 Å². The molecule has 0 radical (unpaired) electrons. The number of nitro groups is 1. The lowest BCUT2D eigenvalue weighted by Crippen LogP contribution is -2.47. The molecule has 0 bridgehead atoms. The summed E-state index contributed by atoms with van der Waals surface area (Å²) < 4.78 is 26.0. The number of hydrogen-bond donors (Lipinski definition) is 1. The molecule has 0 spiro atoms. The van der Waals surface area contributed by atoms with Crippen molar-refractivity contribution >= 4 is 43.8 Å². The molecule has 10 nitrogen and oxygen atoms in total. The number of hydrogen-bond acceptors (Lipinski definition) is 8. The predicted molar refractivity (Wildman–Crippen MR) is 123 cm³/mol. The van der Waals surface area contributed by atoms with Gasteiger partial charge in [0, 0.05) is 17.7 Å². The lowest BCUT2D eigenvalue weighted by Gasteiger charge is -2.29. The van der Waals surface area contributed by atoms with E-state index in [0.717, 1.165) is 39.1 Å². The average Bonchev–Trinajstić information content (AvgIpc) is 3.19. The Bertz CT molecular complexity index is 1240. The topological polar surface area (TPSA) is 135 Å². The van der Waals surface area contributed by atoms with Crippen LogP contribution < -0.4 is 9.62 Å². The van der Waals surface area contributed by atoms with Crippen LogP contribution in [0, 0.1) is 17.0 Å². The number of sulfonamides is 1. The van der Waals surface area contributed by atoms with Gasteiger partial charge in [0.15, 0.2) is 0 Å². The maximum atomic E-state index is 13.0. The molecule has 0 saturated heterocycles. The first-order valence-electron chi connectivity index (χ1n) is 9.55. The predicted octanol–water partition coefficient (Wildman–Crippen LogP) is 3.61. The van der Waals surface area contributed by atoms with E-state index in [9.17, 15) is 23.3 Å². The maximum Gasteiger partial charge on any atom is 0.271 e. The third-order valence-electron chi connectivity index (χ3n) is 4.58. The van der Waals surface area contributed by atoms with E-state index < -0.39 is 26.9 Å². The molecular formula is C20H21N5O5S2. The molecule has 0 aliphatic rings. The largest absolute Gasteiger partial charge is 0.299 e. The number of non-ortho nitro benzene ring substituents is 1. The van der Waals surface area contributed by atoms with Crippen molar-refractivity contribution < 1.29 is 18.1 Å². The molecule has 0 unspecified atom stereocenters. The molecule has 1 N–H and O–H groups in total. The van der Waals surface area contributed by atoms with Crippen molar-refractivity contribution in [2.24, 2.45) is 0 Å². The summed E-state index contributed by atoms with van der Waals surface area (Å²) in [6, 6.07) is 11.7. The molecule has 168 valence electrons. The van der Waals surface area contributed by atoms with Gasteiger partial charge in [-0.1, -0.05) is 54.2 Å². The third kappa shape index (κ3) is 5.26. The highest BCUT2D eigenvalue weighted by Gasteiger charge is 2.32. The molecule has 3 rings (SSSR count). The molecule has 0 fully saturated rings. The van der Waals surface area contributed by atoms with Crippen LogP contribution >= 0.6 is 11.3 Å². The van der Waals surface area contributed by atoms with E-state index in [4.69, 9.17) is 0 Å². The van der Waals surface area contributed by atoms with Crippen LogP contribution in [0.1, 0.15) is 18.9 Å². The number of carbonyl (C=O) groups is 1. The number of nitrogens with one attached hydrogen (secondary N) is 1. The standard InChI is InChI=1S/C20H21N5O5S2/c1-4-17(24(32(3,29)30)15-6-5-7-16(12-15)25(27)28)18(26)21-20-23-22-19(31-20)14-10-8-13(2)9-11-14/h5-12,17H,4H2,1-3H3,(H,21,23,26)/t17-/m0/s1. The summed E-state index contributed by atoms with van der Waals surface area (Å²) >= 11 is 1.16. The quantitative estimate of drug-likeness (QED) is 0.388. The maximum absolute atomic E-state index is 13.0. The van der Waals surface area contributed by atoms with Crippen molar-refractivity contribution in [2.75, 3.05) is 15.9 Å². The van der Waals surface area contributed by atoms with Crippen LogP contribution in [0.2, 0.25) is 0 Å². The van der Waals surface area contributed by atoms with Crippen LogP contribution in [-0.2, 0) is 14.8 Å². The molecule has 1 amide bonds. The molecule has 32 heavy (non-hydrogen) atoms. The zero-order valence-electron chi connectivity index (χ0n) is 17.5. The Kier molecular flexibility index (Phi) is 6.84. The summed E-state index contributed by atoms with van der Waals surface area (Å²) in [5, 5.41) is 22.6. The van der Waals surface area contributed by atoms with Gasteiger partial charge in [0.1, 0.15) is 11.0 Å². The smallest absolute Gasteiger partial charge is 0.271 e. The number of nitro benzene ring substituents is 1. The van der Waals surface area contributed by atoms with E-state index in [0.29, 0.717) is 5.01 Å². The second kappa shape index (κ2) is 9.40. The van der Waals surface area contributed by atoms with Gasteiger partial charge >= 0.3 is 0 Å². The van der Waals surface area contributed by atoms with Crippen molar-refractivity contribution in [1.82, 2.24) is 10.2 Å². The average molecular weight is 476 g/mol. The van der Waals surface area contributed by atoms with Crippen LogP contribution in [-0.4, -0.2) is 41.7 Å². The van der Waals surface area contributed by atoms with E-state index >= 15 is 0 Å². The van der Waals surface area contributed by atoms with Gasteiger partial charge in [0.25, 0.3) is 5.69 Å². The van der Waals surface area contributed by atoms with Crippen molar-refractivity contribution in [3.05, 3.63) is 64.2 Å². The molecule has 2 aromatic carbocycles. The zero-order valence-corrected chi connectivity index (χ0v) is 19.2. The molecule has 3 aromatic rings. The van der Waals surface area contributed by atoms with Gasteiger partial charge in [0.2, 0.25) is 21.1 Å². The van der Waals surface area contributed by atoms with E-state index in [1.807, 2.05) is 31.2 Å². The fourth-order valence-corrected chi connectivity index (χ4v) is 5.03. The van der Waals surface area contributed by atoms with Gasteiger partial charge in [-0.3, -0.25) is 24.5 Å². The summed E-state index contributed by atoms with van der Waals surface area (Å²) in [6.45, 7) is 3.62. The Labute approximate surface area is 189 Å². The first kappa shape index (κ1) is 23.3. The van der Waals surface area contributed by atoms with Crippen LogP contribution in [0.5, 0.6) is 0 Å². The molecule has 0 saturated carbocycles. The number of nitrogens with zero attached hydrogens (tertiary/aromatic N) is 4. The summed E-state index contributed by atoms with van der Waals surface area (Å²) in [7, 11) is -3.93. The zero-order chi connectivity index (χ0) is 23.5. The number of benzene rings is 2. The number of aromatic nitrogens is 2. The SMILES string of the molecule is CC[C@@H](C(=O)Nc1nnc(-c2ccc(C)cc2)s1)N(c1cccc([N+](=O)[O-])c1)S(C)(=O)=O. The number of carbonyl (C=O) groups excluding carboxylic acids is 1. The van der Waals surface area contributed by atoms with Gasteiger partial charge in [0.05, 0.1) is 16.9 Å². The summed E-state index contributed by atoms with van der Waals surface area (Å²) in [6.07, 6.45) is 1.08. The molecule has 1 heterocycles. The second-order valence-electron chi connectivity index (χ2n) is 7.03. The number of amides is 1. The molecule has 0 aliphatic carbocycles. The summed E-state index contributed by atoms with van der Waals surface area (Å²) in [5.41, 5.74) is 1.69. The van der Waals surface area contributed by atoms with Crippen molar-refractivity contribution in [3.8, 4) is 10.6 Å². The lowest BCUT2D eigenvalue weighted by atomic mass is 10.2. The third-order valence-corrected chi connectivity index (χ3v) is 6.65. The van der Waals surface area contributed by atoms with Crippen LogP contribution in [0.4, 0.5) is 16.5 Å². The number of rotatable bonds is 8. The Hall–Kier alpha value is -3.38. The second-order valence-corrected chi connectivity index (χ2v) is 9.86. The summed E-state index contributed by atoms with van der Waals surface area (Å²) in [4.78, 5) is 23.5. The van der Waals surface area contributed by atoms with Gasteiger partial charge in [-0.25, -0.2) is 8.42 Å². The van der Waals surface area contributed by atoms with E-state index in [1.165, 1.54) is 18.2 Å². The lowest BCUT2D eigenvalue weighted by molar-refractivity contribution is -0.384. The molecule has 12 heteroatoms. The summed E-state index contributed by atoms with van der Waals surface area (Å²) in [5.74, 6) is -0.615. The molecule has 0 aliphatic heterocycles. The van der Waals surface area contributed by atoms with Gasteiger partial charge < -0.3 is 0 Å². The van der Waals surface area contributed by atoms with E-state index in [2.05, 4.69) is 15.5 Å². The molecule has 1 atom stereocenters. The fourth-order valence-electron chi connectivity index (χ4n) is 3.08. The first-order valence-corrected chi connectivity index (χ1v) is 12.2. The molecule has 1 aromatic heterocycles. The van der Waals surface area contributed by atoms with Crippen LogP contribution in [0.25, 0.3) is 10.6 Å². The number of aryl methyl sites for hydroxylation is 1. The Morgan fingerprint density at radius 1 is 1.22 bits per heavy atom. The minimum absolute atomic E-state index is 0.0290. The fraction of sp³-hybridized carbons (Fsp3) is 0.250. The highest BCUT2D eigenvalue weighted by atomic mass is 32.2. The minimum Gasteiger partial charge on any atom is -0.299 e. The van der Waals surface area contributed by atoms with Gasteiger partial charge in [-0.2, -0.15) is 0 Å². The van der Waals surface area contributed by atoms with Gasteiger partial charge in [-0.05, 0) is 19.4 Å². The normalized spacial score (nSPS) is 12.2. The van der Waals surface area contributed by atoms with E-state index in [-0.39, 0.29) is 22.9 Å². The first-order chi connectivity index (χ1) is 15.1. The number of anilines is 2. The van der Waals surface area contributed by atoms with Crippen molar-refractivity contribution in [3.63, 3.8) is 0 Å². The van der Waals surface area contributed by atoms with Crippen LogP contribution in [0.3, 0.4) is 0 Å². The van der Waals surface area contributed by atoms with Crippen molar-refractivity contribution in [2.45, 2.75) is 26.3 Å². The van der Waals surface area contributed by atoms with Crippen molar-refractivity contribution in [1.29, 1.82) is 0 Å². The minimum atomic E-state index is -3.93. The monoisotopic (exact) mass is 475 g/mol. The Morgan fingerprint density at radius 3 is 2.50 bits per heavy atom. The van der Waals surface area contributed by atoms with E-state index in [1.54, 1.807) is 6.92 Å².